The molecule has 0 radical (unpaired) electrons. The van der Waals surface area contributed by atoms with Crippen LogP contribution in [0.4, 0.5) is 0 Å². The van der Waals surface area contributed by atoms with Crippen molar-refractivity contribution in [2.45, 2.75) is 35.0 Å². The molecule has 0 bridgehead atoms. The summed E-state index contributed by atoms with van der Waals surface area (Å²) in [6, 6.07) is 6.07. The van der Waals surface area contributed by atoms with Crippen LogP contribution in [0, 0.1) is 0 Å². The summed E-state index contributed by atoms with van der Waals surface area (Å²) in [4.78, 5) is 1.15. The molecule has 0 saturated carbocycles. The summed E-state index contributed by atoms with van der Waals surface area (Å²) < 4.78 is 0.934. The van der Waals surface area contributed by atoms with E-state index < -0.39 is 0 Å². The lowest BCUT2D eigenvalue weighted by atomic mass is 10.0. The van der Waals surface area contributed by atoms with Gasteiger partial charge in [-0.15, -0.1) is 10.2 Å². The first-order valence-electron chi connectivity index (χ1n) is 5.67. The highest BCUT2D eigenvalue weighted by atomic mass is 35.5. The molecule has 1 heterocycles. The quantitative estimate of drug-likeness (QED) is 0.916. The summed E-state index contributed by atoms with van der Waals surface area (Å²) in [7, 11) is 0. The Morgan fingerprint density at radius 1 is 1.50 bits per heavy atom. The second-order valence-corrected chi connectivity index (χ2v) is 6.49. The SMILES string of the molecule is CCC(N)Cc1cc(Cl)ccc1Sc1nncs1. The Bertz CT molecular complexity index is 502. The third-order valence-corrected chi connectivity index (χ3v) is 4.70. The average molecular weight is 300 g/mol. The summed E-state index contributed by atoms with van der Waals surface area (Å²) in [5, 5.41) is 8.63. The van der Waals surface area contributed by atoms with Crippen LogP contribution in [0.25, 0.3) is 0 Å². The standard InChI is InChI=1S/C12H14ClN3S2/c1-2-10(14)6-8-5-9(13)3-4-11(8)18-12-16-15-7-17-12/h3-5,7,10H,2,6,14H2,1H3. The van der Waals surface area contributed by atoms with E-state index in [1.165, 1.54) is 16.9 Å². The maximum absolute atomic E-state index is 6.05. The van der Waals surface area contributed by atoms with Gasteiger partial charge in [-0.3, -0.25) is 0 Å². The minimum atomic E-state index is 0.164. The zero-order valence-corrected chi connectivity index (χ0v) is 12.4. The van der Waals surface area contributed by atoms with Crippen molar-refractivity contribution in [3.8, 4) is 0 Å². The molecular formula is C12H14ClN3S2. The third-order valence-electron chi connectivity index (χ3n) is 2.57. The zero-order chi connectivity index (χ0) is 13.0. The van der Waals surface area contributed by atoms with Crippen LogP contribution in [0.1, 0.15) is 18.9 Å². The smallest absolute Gasteiger partial charge is 0.178 e. The number of nitrogens with two attached hydrogens (primary N) is 1. The molecule has 0 amide bonds. The van der Waals surface area contributed by atoms with Crippen molar-refractivity contribution in [1.29, 1.82) is 0 Å². The monoisotopic (exact) mass is 299 g/mol. The number of halogens is 1. The van der Waals surface area contributed by atoms with Crippen LogP contribution in [0.3, 0.4) is 0 Å². The first-order valence-corrected chi connectivity index (χ1v) is 7.74. The van der Waals surface area contributed by atoms with Gasteiger partial charge in [-0.2, -0.15) is 0 Å². The van der Waals surface area contributed by atoms with Crippen LogP contribution in [-0.4, -0.2) is 16.2 Å². The van der Waals surface area contributed by atoms with Crippen molar-refractivity contribution in [3.05, 3.63) is 34.3 Å². The Labute approximate surface area is 120 Å². The lowest BCUT2D eigenvalue weighted by molar-refractivity contribution is 0.641. The molecule has 3 nitrogen and oxygen atoms in total. The molecule has 96 valence electrons. The maximum atomic E-state index is 6.05. The average Bonchev–Trinajstić information content (AvgIpc) is 2.85. The van der Waals surface area contributed by atoms with E-state index in [0.29, 0.717) is 0 Å². The minimum absolute atomic E-state index is 0.164. The highest BCUT2D eigenvalue weighted by Crippen LogP contribution is 2.33. The topological polar surface area (TPSA) is 51.8 Å². The number of hydrogen-bond donors (Lipinski definition) is 1. The summed E-state index contributed by atoms with van der Waals surface area (Å²) in [6.45, 7) is 2.09. The van der Waals surface area contributed by atoms with Gasteiger partial charge in [0.05, 0.1) is 0 Å². The summed E-state index contributed by atoms with van der Waals surface area (Å²) in [6.07, 6.45) is 1.79. The van der Waals surface area contributed by atoms with E-state index in [1.807, 2.05) is 18.2 Å². The first-order chi connectivity index (χ1) is 8.69. The fraction of sp³-hybridized carbons (Fsp3) is 0.333. The highest BCUT2D eigenvalue weighted by Gasteiger charge is 2.10. The largest absolute Gasteiger partial charge is 0.327 e. The van der Waals surface area contributed by atoms with E-state index in [4.69, 9.17) is 17.3 Å². The van der Waals surface area contributed by atoms with Crippen LogP contribution < -0.4 is 5.73 Å². The van der Waals surface area contributed by atoms with E-state index in [2.05, 4.69) is 17.1 Å². The van der Waals surface area contributed by atoms with Gasteiger partial charge in [0, 0.05) is 16.0 Å². The van der Waals surface area contributed by atoms with Crippen LogP contribution >= 0.6 is 34.7 Å². The van der Waals surface area contributed by atoms with Crippen molar-refractivity contribution in [3.63, 3.8) is 0 Å². The van der Waals surface area contributed by atoms with Gasteiger partial charge in [0.15, 0.2) is 4.34 Å². The Balaban J connectivity index is 2.22. The van der Waals surface area contributed by atoms with Crippen LogP contribution in [0.15, 0.2) is 32.9 Å². The van der Waals surface area contributed by atoms with E-state index in [-0.39, 0.29) is 6.04 Å². The molecule has 18 heavy (non-hydrogen) atoms. The molecule has 0 saturated heterocycles. The number of aromatic nitrogens is 2. The Hall–Kier alpha value is -0.620. The lowest BCUT2D eigenvalue weighted by Gasteiger charge is -2.12. The molecule has 0 aliphatic heterocycles. The van der Waals surface area contributed by atoms with Crippen LogP contribution in [-0.2, 0) is 6.42 Å². The summed E-state index contributed by atoms with van der Waals surface area (Å²) in [5.74, 6) is 0. The molecule has 6 heteroatoms. The molecule has 1 aromatic heterocycles. The van der Waals surface area contributed by atoms with Gasteiger partial charge >= 0.3 is 0 Å². The van der Waals surface area contributed by atoms with E-state index in [9.17, 15) is 0 Å². The van der Waals surface area contributed by atoms with E-state index in [0.717, 1.165) is 27.1 Å². The molecule has 1 unspecified atom stereocenters. The van der Waals surface area contributed by atoms with E-state index >= 15 is 0 Å². The predicted octanol–water partition coefficient (Wildman–Crippen LogP) is 3.62. The summed E-state index contributed by atoms with van der Waals surface area (Å²) in [5.41, 5.74) is 8.93. The molecule has 1 atom stereocenters. The van der Waals surface area contributed by atoms with Crippen molar-refractivity contribution < 1.29 is 0 Å². The fourth-order valence-electron chi connectivity index (χ4n) is 1.54. The number of nitrogens with zero attached hydrogens (tertiary/aromatic N) is 2. The Morgan fingerprint density at radius 2 is 2.33 bits per heavy atom. The highest BCUT2D eigenvalue weighted by molar-refractivity contribution is 8.01. The number of benzene rings is 1. The molecule has 0 fully saturated rings. The van der Waals surface area contributed by atoms with Gasteiger partial charge in [-0.05, 0) is 36.6 Å². The van der Waals surface area contributed by atoms with Crippen LogP contribution in [0.5, 0.6) is 0 Å². The summed E-state index contributed by atoms with van der Waals surface area (Å²) >= 11 is 9.19. The lowest BCUT2D eigenvalue weighted by Crippen LogP contribution is -2.21. The molecule has 0 spiro atoms. The number of rotatable bonds is 5. The van der Waals surface area contributed by atoms with Crippen molar-refractivity contribution in [2.75, 3.05) is 0 Å². The van der Waals surface area contributed by atoms with Crippen molar-refractivity contribution in [1.82, 2.24) is 10.2 Å². The van der Waals surface area contributed by atoms with Crippen molar-refractivity contribution >= 4 is 34.7 Å². The fourth-order valence-corrected chi connectivity index (χ4v) is 3.29. The zero-order valence-electron chi connectivity index (χ0n) is 9.97. The predicted molar refractivity (Wildman–Crippen MR) is 77.5 cm³/mol. The van der Waals surface area contributed by atoms with Crippen molar-refractivity contribution in [2.24, 2.45) is 5.73 Å². The second kappa shape index (κ2) is 6.52. The minimum Gasteiger partial charge on any atom is -0.327 e. The Morgan fingerprint density at radius 3 is 3.00 bits per heavy atom. The first kappa shape index (κ1) is 13.8. The maximum Gasteiger partial charge on any atom is 0.178 e. The molecule has 0 aliphatic carbocycles. The normalized spacial score (nSPS) is 12.6. The molecule has 2 N–H and O–H groups in total. The van der Waals surface area contributed by atoms with Gasteiger partial charge in [0.2, 0.25) is 0 Å². The molecule has 1 aromatic carbocycles. The molecule has 2 aromatic rings. The number of hydrogen-bond acceptors (Lipinski definition) is 5. The second-order valence-electron chi connectivity index (χ2n) is 3.93. The molecule has 2 rings (SSSR count). The van der Waals surface area contributed by atoms with Gasteiger partial charge in [-0.1, -0.05) is 41.6 Å². The van der Waals surface area contributed by atoms with Gasteiger partial charge < -0.3 is 5.73 Å². The Kier molecular flexibility index (Phi) is 5.00. The van der Waals surface area contributed by atoms with Crippen LogP contribution in [0.2, 0.25) is 5.02 Å². The van der Waals surface area contributed by atoms with Gasteiger partial charge in [-0.25, -0.2) is 0 Å². The van der Waals surface area contributed by atoms with E-state index in [1.54, 1.807) is 17.3 Å². The molecule has 0 aliphatic rings. The van der Waals surface area contributed by atoms with Gasteiger partial charge in [0.25, 0.3) is 0 Å². The van der Waals surface area contributed by atoms with Gasteiger partial charge in [0.1, 0.15) is 5.51 Å². The molecular weight excluding hydrogens is 286 g/mol. The third kappa shape index (κ3) is 3.68.